The second-order valence-corrected chi connectivity index (χ2v) is 2.75. The fourth-order valence-electron chi connectivity index (χ4n) is 0.480. The zero-order chi connectivity index (χ0) is 10.9. The van der Waals surface area contributed by atoms with Gasteiger partial charge >= 0.3 is 0 Å². The molecule has 0 aromatic rings. The first-order chi connectivity index (χ1) is 5.98. The molecule has 78 valence electrons. The highest BCUT2D eigenvalue weighted by molar-refractivity contribution is 5.84. The molecule has 0 aliphatic carbocycles. The van der Waals surface area contributed by atoms with Crippen molar-refractivity contribution in [3.8, 4) is 0 Å². The van der Waals surface area contributed by atoms with Crippen LogP contribution in [0.3, 0.4) is 0 Å². The van der Waals surface area contributed by atoms with E-state index in [2.05, 4.69) is 5.32 Å². The predicted octanol–water partition coefficient (Wildman–Crippen LogP) is 2.45. The minimum Gasteiger partial charge on any atom is -0.350 e. The monoisotopic (exact) mass is 189 g/mol. The summed E-state index contributed by atoms with van der Waals surface area (Å²) in [7, 11) is 0. The predicted molar refractivity (Wildman–Crippen MR) is 54.4 cm³/mol. The molecule has 1 amide bonds. The number of alkyl halides is 1. The van der Waals surface area contributed by atoms with Gasteiger partial charge in [-0.25, -0.2) is 4.39 Å². The molecule has 0 saturated heterocycles. The van der Waals surface area contributed by atoms with Crippen molar-refractivity contribution in [3.63, 3.8) is 0 Å². The Labute approximate surface area is 80.2 Å². The molecular formula is C10H20FNO. The van der Waals surface area contributed by atoms with Gasteiger partial charge in [0.05, 0.1) is 0 Å². The molecule has 0 bridgehead atoms. The summed E-state index contributed by atoms with van der Waals surface area (Å²) < 4.78 is 12.8. The molecule has 0 aliphatic heterocycles. The zero-order valence-electron chi connectivity index (χ0n) is 9.15. The highest BCUT2D eigenvalue weighted by atomic mass is 19.1. The molecule has 0 fully saturated rings. The lowest BCUT2D eigenvalue weighted by atomic mass is 10.1. The van der Waals surface area contributed by atoms with Crippen molar-refractivity contribution in [2.24, 2.45) is 0 Å². The molecule has 1 N–H and O–H groups in total. The van der Waals surface area contributed by atoms with Crippen molar-refractivity contribution in [1.82, 2.24) is 5.32 Å². The van der Waals surface area contributed by atoms with E-state index in [0.29, 0.717) is 6.54 Å². The molecule has 0 radical (unpaired) electrons. The smallest absolute Gasteiger partial charge is 0.257 e. The largest absolute Gasteiger partial charge is 0.350 e. The minimum atomic E-state index is -1.78. The maximum atomic E-state index is 12.8. The van der Waals surface area contributed by atoms with Crippen LogP contribution in [0.25, 0.3) is 0 Å². The molecule has 0 aromatic heterocycles. The van der Waals surface area contributed by atoms with E-state index >= 15 is 0 Å². The fourth-order valence-corrected chi connectivity index (χ4v) is 0.480. The number of allylic oxidation sites excluding steroid dienone is 1. The second-order valence-electron chi connectivity index (χ2n) is 2.75. The van der Waals surface area contributed by atoms with E-state index in [1.165, 1.54) is 13.8 Å². The Morgan fingerprint density at radius 1 is 1.46 bits per heavy atom. The number of rotatable bonds is 3. The summed E-state index contributed by atoms with van der Waals surface area (Å²) in [6.45, 7) is 8.70. The van der Waals surface area contributed by atoms with E-state index in [1.807, 2.05) is 20.8 Å². The van der Waals surface area contributed by atoms with Gasteiger partial charge in [0.15, 0.2) is 5.67 Å². The van der Waals surface area contributed by atoms with Gasteiger partial charge in [-0.05, 0) is 20.8 Å². The molecule has 0 heterocycles. The lowest BCUT2D eigenvalue weighted by molar-refractivity contribution is -0.130. The first kappa shape index (κ1) is 14.7. The first-order valence-electron chi connectivity index (χ1n) is 4.57. The third-order valence-corrected chi connectivity index (χ3v) is 1.16. The van der Waals surface area contributed by atoms with Crippen LogP contribution in [0, 0.1) is 0 Å². The number of nitrogens with one attached hydrogen (secondary N) is 1. The summed E-state index contributed by atoms with van der Waals surface area (Å²) in [5, 5.41) is 2.42. The Morgan fingerprint density at radius 2 is 1.92 bits per heavy atom. The summed E-state index contributed by atoms with van der Waals surface area (Å²) in [5.41, 5.74) is -1.78. The quantitative estimate of drug-likeness (QED) is 0.679. The molecule has 13 heavy (non-hydrogen) atoms. The molecule has 0 rings (SSSR count). The topological polar surface area (TPSA) is 29.1 Å². The Hall–Kier alpha value is -0.860. The maximum Gasteiger partial charge on any atom is 0.257 e. The van der Waals surface area contributed by atoms with E-state index in [0.717, 1.165) is 0 Å². The van der Waals surface area contributed by atoms with Crippen LogP contribution in [0.15, 0.2) is 12.2 Å². The van der Waals surface area contributed by atoms with Gasteiger partial charge < -0.3 is 5.32 Å². The van der Waals surface area contributed by atoms with Gasteiger partial charge in [-0.15, -0.1) is 0 Å². The molecule has 2 nitrogen and oxygen atoms in total. The van der Waals surface area contributed by atoms with Gasteiger partial charge in [0.1, 0.15) is 0 Å². The Morgan fingerprint density at radius 3 is 2.23 bits per heavy atom. The van der Waals surface area contributed by atoms with Gasteiger partial charge in [-0.2, -0.15) is 0 Å². The van der Waals surface area contributed by atoms with Crippen LogP contribution in [-0.2, 0) is 4.79 Å². The molecule has 0 unspecified atom stereocenters. The highest BCUT2D eigenvalue weighted by Gasteiger charge is 2.25. The Bertz CT molecular complexity index is 159. The lowest BCUT2D eigenvalue weighted by Crippen LogP contribution is -2.38. The van der Waals surface area contributed by atoms with Crippen LogP contribution < -0.4 is 5.32 Å². The van der Waals surface area contributed by atoms with Crippen LogP contribution in [0.4, 0.5) is 4.39 Å². The van der Waals surface area contributed by atoms with Gasteiger partial charge in [-0.1, -0.05) is 26.0 Å². The van der Waals surface area contributed by atoms with E-state index in [-0.39, 0.29) is 0 Å². The van der Waals surface area contributed by atoms with Crippen molar-refractivity contribution in [3.05, 3.63) is 12.2 Å². The van der Waals surface area contributed by atoms with E-state index in [1.54, 1.807) is 12.2 Å². The molecule has 0 aromatic carbocycles. The van der Waals surface area contributed by atoms with Gasteiger partial charge in [0.2, 0.25) is 0 Å². The minimum absolute atomic E-state index is 0.392. The summed E-state index contributed by atoms with van der Waals surface area (Å²) in [6, 6.07) is 0. The standard InChI is InChI=1S/C8H14FNO.C2H6/c1-4-5-6-10-7(11)8(2,3)9;1-2/h4-5H,6H2,1-3H3,(H,10,11);1-2H3/b5-4+;. The third kappa shape index (κ3) is 9.05. The lowest BCUT2D eigenvalue weighted by Gasteiger charge is -2.12. The summed E-state index contributed by atoms with van der Waals surface area (Å²) in [4.78, 5) is 10.8. The summed E-state index contributed by atoms with van der Waals surface area (Å²) in [5.74, 6) is -0.574. The van der Waals surface area contributed by atoms with E-state index in [9.17, 15) is 9.18 Å². The third-order valence-electron chi connectivity index (χ3n) is 1.16. The van der Waals surface area contributed by atoms with Gasteiger partial charge in [0.25, 0.3) is 5.91 Å². The maximum absolute atomic E-state index is 12.8. The summed E-state index contributed by atoms with van der Waals surface area (Å²) >= 11 is 0. The highest BCUT2D eigenvalue weighted by Crippen LogP contribution is 2.06. The number of hydrogen-bond acceptors (Lipinski definition) is 1. The van der Waals surface area contributed by atoms with Gasteiger partial charge in [-0.3, -0.25) is 4.79 Å². The normalized spacial score (nSPS) is 10.6. The molecule has 0 spiro atoms. The zero-order valence-corrected chi connectivity index (χ0v) is 9.15. The number of carbonyl (C=O) groups is 1. The van der Waals surface area contributed by atoms with E-state index < -0.39 is 11.6 Å². The number of hydrogen-bond donors (Lipinski definition) is 1. The molecule has 0 aliphatic rings. The number of carbonyl (C=O) groups excluding carboxylic acids is 1. The van der Waals surface area contributed by atoms with Crippen molar-refractivity contribution in [2.75, 3.05) is 6.54 Å². The van der Waals surface area contributed by atoms with Crippen molar-refractivity contribution < 1.29 is 9.18 Å². The van der Waals surface area contributed by atoms with Crippen molar-refractivity contribution in [2.45, 2.75) is 40.3 Å². The average molecular weight is 189 g/mol. The number of amides is 1. The molecular weight excluding hydrogens is 169 g/mol. The fraction of sp³-hybridized carbons (Fsp3) is 0.700. The van der Waals surface area contributed by atoms with E-state index in [4.69, 9.17) is 0 Å². The Kier molecular flexibility index (Phi) is 8.76. The van der Waals surface area contributed by atoms with Crippen LogP contribution >= 0.6 is 0 Å². The Balaban J connectivity index is 0. The van der Waals surface area contributed by atoms with Gasteiger partial charge in [0, 0.05) is 6.54 Å². The first-order valence-corrected chi connectivity index (χ1v) is 4.57. The van der Waals surface area contributed by atoms with Crippen LogP contribution in [0.2, 0.25) is 0 Å². The molecule has 0 saturated carbocycles. The molecule has 0 atom stereocenters. The van der Waals surface area contributed by atoms with Crippen LogP contribution in [0.1, 0.15) is 34.6 Å². The summed E-state index contributed by atoms with van der Waals surface area (Å²) in [6.07, 6.45) is 3.55. The second kappa shape index (κ2) is 7.77. The van der Waals surface area contributed by atoms with Crippen LogP contribution in [-0.4, -0.2) is 18.1 Å². The molecule has 3 heteroatoms. The average Bonchev–Trinajstić information content (AvgIpc) is 2.07. The number of halogens is 1. The van der Waals surface area contributed by atoms with Crippen molar-refractivity contribution in [1.29, 1.82) is 0 Å². The van der Waals surface area contributed by atoms with Crippen molar-refractivity contribution >= 4 is 5.91 Å². The van der Waals surface area contributed by atoms with Crippen LogP contribution in [0.5, 0.6) is 0 Å². The SMILES string of the molecule is C/C=C/CNC(=O)C(C)(C)F.CC.